The summed E-state index contributed by atoms with van der Waals surface area (Å²) < 4.78 is 13.6. The standard InChI is InChI=1S/C14H23FN2O/c1-11(2)17(5-4-6-18)14-8-12(10-16-3)7-13(15)9-14/h7-9,11,16,18H,4-6,10H2,1-3H3. The highest BCUT2D eigenvalue weighted by molar-refractivity contribution is 5.49. The Morgan fingerprint density at radius 2 is 2.06 bits per heavy atom. The average Bonchev–Trinajstić information content (AvgIpc) is 2.28. The van der Waals surface area contributed by atoms with Crippen molar-refractivity contribution in [3.05, 3.63) is 29.6 Å². The van der Waals surface area contributed by atoms with Crippen molar-refractivity contribution in [2.75, 3.05) is 25.1 Å². The second-order valence-corrected chi connectivity index (χ2v) is 4.71. The Balaban J connectivity index is 2.95. The first-order chi connectivity index (χ1) is 8.58. The van der Waals surface area contributed by atoms with Gasteiger partial charge in [0.2, 0.25) is 0 Å². The number of anilines is 1. The molecular formula is C14H23FN2O. The third-order valence-electron chi connectivity index (χ3n) is 2.84. The van der Waals surface area contributed by atoms with Gasteiger partial charge in [-0.25, -0.2) is 4.39 Å². The first kappa shape index (κ1) is 14.9. The van der Waals surface area contributed by atoms with Crippen molar-refractivity contribution in [2.45, 2.75) is 32.9 Å². The second kappa shape index (κ2) is 7.34. The van der Waals surface area contributed by atoms with Gasteiger partial charge in [0.05, 0.1) is 0 Å². The molecule has 0 heterocycles. The third kappa shape index (κ3) is 4.27. The molecule has 1 rings (SSSR count). The molecule has 0 amide bonds. The number of halogens is 1. The summed E-state index contributed by atoms with van der Waals surface area (Å²) >= 11 is 0. The summed E-state index contributed by atoms with van der Waals surface area (Å²) in [6.45, 7) is 5.68. The van der Waals surface area contributed by atoms with Gasteiger partial charge in [0.25, 0.3) is 0 Å². The Morgan fingerprint density at radius 1 is 1.33 bits per heavy atom. The van der Waals surface area contributed by atoms with Crippen molar-refractivity contribution in [1.29, 1.82) is 0 Å². The van der Waals surface area contributed by atoms with E-state index in [0.29, 0.717) is 13.0 Å². The first-order valence-electron chi connectivity index (χ1n) is 6.40. The van der Waals surface area contributed by atoms with Gasteiger partial charge in [0.1, 0.15) is 5.82 Å². The van der Waals surface area contributed by atoms with E-state index in [-0.39, 0.29) is 18.5 Å². The lowest BCUT2D eigenvalue weighted by molar-refractivity contribution is 0.288. The lowest BCUT2D eigenvalue weighted by Gasteiger charge is -2.29. The molecule has 1 aromatic rings. The van der Waals surface area contributed by atoms with Gasteiger partial charge >= 0.3 is 0 Å². The van der Waals surface area contributed by atoms with Crippen LogP contribution in [0.15, 0.2) is 18.2 Å². The minimum Gasteiger partial charge on any atom is -0.396 e. The summed E-state index contributed by atoms with van der Waals surface area (Å²) in [5, 5.41) is 12.0. The molecule has 0 atom stereocenters. The molecule has 0 unspecified atom stereocenters. The lowest BCUT2D eigenvalue weighted by Crippen LogP contribution is -2.32. The highest BCUT2D eigenvalue weighted by Gasteiger charge is 2.12. The van der Waals surface area contributed by atoms with E-state index in [0.717, 1.165) is 17.8 Å². The van der Waals surface area contributed by atoms with Crippen molar-refractivity contribution in [3.63, 3.8) is 0 Å². The fourth-order valence-corrected chi connectivity index (χ4v) is 2.03. The molecule has 1 aromatic carbocycles. The fraction of sp³-hybridized carbons (Fsp3) is 0.571. The lowest BCUT2D eigenvalue weighted by atomic mass is 10.1. The van der Waals surface area contributed by atoms with Crippen LogP contribution in [0, 0.1) is 5.82 Å². The summed E-state index contributed by atoms with van der Waals surface area (Å²) in [6, 6.07) is 5.37. The van der Waals surface area contributed by atoms with E-state index in [2.05, 4.69) is 24.1 Å². The van der Waals surface area contributed by atoms with Crippen LogP contribution in [0.3, 0.4) is 0 Å². The monoisotopic (exact) mass is 254 g/mol. The SMILES string of the molecule is CNCc1cc(F)cc(N(CCCO)C(C)C)c1. The molecule has 0 bridgehead atoms. The predicted octanol–water partition coefficient (Wildman–Crippen LogP) is 2.14. The van der Waals surface area contributed by atoms with Gasteiger partial charge in [-0.2, -0.15) is 0 Å². The van der Waals surface area contributed by atoms with Crippen LogP contribution in [0.25, 0.3) is 0 Å². The minimum atomic E-state index is -0.215. The van der Waals surface area contributed by atoms with Gasteiger partial charge in [0.15, 0.2) is 0 Å². The zero-order valence-electron chi connectivity index (χ0n) is 11.4. The van der Waals surface area contributed by atoms with Crippen LogP contribution in [0.4, 0.5) is 10.1 Å². The van der Waals surface area contributed by atoms with Crippen LogP contribution in [0.5, 0.6) is 0 Å². The Morgan fingerprint density at radius 3 is 2.61 bits per heavy atom. The molecule has 102 valence electrons. The maximum atomic E-state index is 13.6. The van der Waals surface area contributed by atoms with E-state index in [1.165, 1.54) is 0 Å². The van der Waals surface area contributed by atoms with E-state index >= 15 is 0 Å². The molecule has 4 heteroatoms. The van der Waals surface area contributed by atoms with Crippen LogP contribution < -0.4 is 10.2 Å². The zero-order chi connectivity index (χ0) is 13.5. The third-order valence-corrected chi connectivity index (χ3v) is 2.84. The van der Waals surface area contributed by atoms with E-state index in [1.807, 2.05) is 13.1 Å². The molecule has 2 N–H and O–H groups in total. The minimum absolute atomic E-state index is 0.155. The summed E-state index contributed by atoms with van der Waals surface area (Å²) in [4.78, 5) is 2.11. The smallest absolute Gasteiger partial charge is 0.125 e. The van der Waals surface area contributed by atoms with Crippen molar-refractivity contribution in [3.8, 4) is 0 Å². The van der Waals surface area contributed by atoms with E-state index in [4.69, 9.17) is 5.11 Å². The van der Waals surface area contributed by atoms with Crippen molar-refractivity contribution in [1.82, 2.24) is 5.32 Å². The van der Waals surface area contributed by atoms with Gasteiger partial charge < -0.3 is 15.3 Å². The van der Waals surface area contributed by atoms with E-state index in [9.17, 15) is 4.39 Å². The Kier molecular flexibility index (Phi) is 6.09. The maximum absolute atomic E-state index is 13.6. The summed E-state index contributed by atoms with van der Waals surface area (Å²) in [5.74, 6) is -0.215. The highest BCUT2D eigenvalue weighted by Crippen LogP contribution is 2.21. The van der Waals surface area contributed by atoms with Crippen molar-refractivity contribution in [2.24, 2.45) is 0 Å². The zero-order valence-corrected chi connectivity index (χ0v) is 11.4. The van der Waals surface area contributed by atoms with Crippen LogP contribution in [0.2, 0.25) is 0 Å². The van der Waals surface area contributed by atoms with E-state index in [1.54, 1.807) is 12.1 Å². The quantitative estimate of drug-likeness (QED) is 0.782. The highest BCUT2D eigenvalue weighted by atomic mass is 19.1. The molecule has 0 aliphatic rings. The molecule has 0 saturated carbocycles. The first-order valence-corrected chi connectivity index (χ1v) is 6.40. The number of nitrogens with one attached hydrogen (secondary N) is 1. The van der Waals surface area contributed by atoms with Gasteiger partial charge in [-0.05, 0) is 51.1 Å². The van der Waals surface area contributed by atoms with Gasteiger partial charge in [-0.15, -0.1) is 0 Å². The molecule has 0 aliphatic carbocycles. The summed E-state index contributed by atoms with van der Waals surface area (Å²) in [5.41, 5.74) is 1.81. The molecule has 18 heavy (non-hydrogen) atoms. The van der Waals surface area contributed by atoms with Crippen LogP contribution >= 0.6 is 0 Å². The fourth-order valence-electron chi connectivity index (χ4n) is 2.03. The topological polar surface area (TPSA) is 35.5 Å². The number of hydrogen-bond donors (Lipinski definition) is 2. The molecule has 0 fully saturated rings. The van der Waals surface area contributed by atoms with E-state index < -0.39 is 0 Å². The van der Waals surface area contributed by atoms with Crippen molar-refractivity contribution >= 4 is 5.69 Å². The molecular weight excluding hydrogens is 231 g/mol. The number of aliphatic hydroxyl groups excluding tert-OH is 1. The average molecular weight is 254 g/mol. The van der Waals surface area contributed by atoms with Crippen LogP contribution in [0.1, 0.15) is 25.8 Å². The summed E-state index contributed by atoms with van der Waals surface area (Å²) in [6.07, 6.45) is 0.691. The Hall–Kier alpha value is -1.13. The second-order valence-electron chi connectivity index (χ2n) is 4.71. The van der Waals surface area contributed by atoms with Crippen LogP contribution in [-0.2, 0) is 6.54 Å². The number of benzene rings is 1. The molecule has 0 spiro atoms. The number of hydrogen-bond acceptors (Lipinski definition) is 3. The Bertz CT molecular complexity index is 369. The normalized spacial score (nSPS) is 11.0. The predicted molar refractivity (Wildman–Crippen MR) is 73.3 cm³/mol. The van der Waals surface area contributed by atoms with Gasteiger partial charge in [0, 0.05) is 31.4 Å². The summed E-state index contributed by atoms with van der Waals surface area (Å²) in [7, 11) is 1.84. The van der Waals surface area contributed by atoms with Crippen molar-refractivity contribution < 1.29 is 9.50 Å². The molecule has 3 nitrogen and oxygen atoms in total. The molecule has 0 aliphatic heterocycles. The number of aliphatic hydroxyl groups is 1. The van der Waals surface area contributed by atoms with Crippen LogP contribution in [-0.4, -0.2) is 31.3 Å². The van der Waals surface area contributed by atoms with Gasteiger partial charge in [-0.3, -0.25) is 0 Å². The Labute approximate surface area is 109 Å². The largest absolute Gasteiger partial charge is 0.396 e. The molecule has 0 saturated heterocycles. The molecule has 0 radical (unpaired) electrons. The molecule has 0 aromatic heterocycles. The van der Waals surface area contributed by atoms with Gasteiger partial charge in [-0.1, -0.05) is 0 Å². The maximum Gasteiger partial charge on any atom is 0.125 e. The number of rotatable bonds is 7. The number of nitrogens with zero attached hydrogens (tertiary/aromatic N) is 1.